The smallest absolute Gasteiger partial charge is 0.128 e. The van der Waals surface area contributed by atoms with Gasteiger partial charge in [-0.25, -0.2) is 0 Å². The molecule has 2 aliphatic rings. The minimum atomic E-state index is -0.128. The fourth-order valence-electron chi connectivity index (χ4n) is 10.7. The third-order valence-corrected chi connectivity index (χ3v) is 14.1. The second-order valence-corrected chi connectivity index (χ2v) is 18.4. The third-order valence-electron chi connectivity index (χ3n) is 14.1. The Kier molecular flexibility index (Phi) is 10.7. The van der Waals surface area contributed by atoms with Crippen LogP contribution in [0.2, 0.25) is 0 Å². The van der Waals surface area contributed by atoms with Gasteiger partial charge in [0.15, 0.2) is 0 Å². The van der Waals surface area contributed by atoms with Crippen molar-refractivity contribution in [2.24, 2.45) is 0 Å². The number of hydrogen-bond acceptors (Lipinski definition) is 3. The van der Waals surface area contributed by atoms with E-state index in [0.717, 1.165) is 50.5 Å². The molecule has 0 saturated carbocycles. The average molecular weight is 909 g/mol. The summed E-state index contributed by atoms with van der Waals surface area (Å²) in [6, 6.07) is 96.2. The lowest BCUT2D eigenvalue weighted by Crippen LogP contribution is -2.34. The molecule has 3 heteroatoms. The van der Waals surface area contributed by atoms with Crippen molar-refractivity contribution in [3.8, 4) is 50.3 Å². The molecule has 2 unspecified atom stereocenters. The van der Waals surface area contributed by atoms with Gasteiger partial charge in [-0.1, -0.05) is 200 Å². The lowest BCUT2D eigenvalue weighted by Gasteiger charge is -2.28. The highest BCUT2D eigenvalue weighted by molar-refractivity contribution is 5.95. The van der Waals surface area contributed by atoms with Crippen molar-refractivity contribution >= 4 is 57.0 Å². The summed E-state index contributed by atoms with van der Waals surface area (Å²) < 4.78 is 6.97. The van der Waals surface area contributed by atoms with Crippen LogP contribution in [0.15, 0.2) is 267 Å². The highest BCUT2D eigenvalue weighted by atomic mass is 16.5. The summed E-state index contributed by atoms with van der Waals surface area (Å²) in [5.41, 5.74) is 17.2. The molecule has 0 saturated heterocycles. The van der Waals surface area contributed by atoms with Gasteiger partial charge in [-0.3, -0.25) is 0 Å². The van der Waals surface area contributed by atoms with Gasteiger partial charge in [0.2, 0.25) is 0 Å². The zero-order valence-electron chi connectivity index (χ0n) is 39.0. The Morgan fingerprint density at radius 2 is 0.732 bits per heavy atom. The Hall–Kier alpha value is -9.18. The van der Waals surface area contributed by atoms with Gasteiger partial charge >= 0.3 is 0 Å². The number of fused-ring (bicyclic) bond motifs is 5. The Morgan fingerprint density at radius 1 is 0.296 bits per heavy atom. The van der Waals surface area contributed by atoms with E-state index in [4.69, 9.17) is 4.74 Å². The van der Waals surface area contributed by atoms with Crippen molar-refractivity contribution in [3.05, 3.63) is 283 Å². The highest BCUT2D eigenvalue weighted by Gasteiger charge is 2.34. The van der Waals surface area contributed by atoms with Crippen LogP contribution in [0.5, 0.6) is 5.75 Å². The van der Waals surface area contributed by atoms with Crippen LogP contribution in [0.1, 0.15) is 11.5 Å². The molecule has 0 amide bonds. The van der Waals surface area contributed by atoms with Crippen molar-refractivity contribution in [1.29, 1.82) is 0 Å². The van der Waals surface area contributed by atoms with Crippen LogP contribution in [0.4, 0.5) is 34.1 Å². The van der Waals surface area contributed by atoms with Gasteiger partial charge in [-0.05, 0) is 133 Å². The Morgan fingerprint density at radius 3 is 1.27 bits per heavy atom. The molecule has 0 radical (unpaired) electrons. The molecule has 1 aliphatic heterocycles. The number of nitrogens with zero attached hydrogens (tertiary/aromatic N) is 2. The van der Waals surface area contributed by atoms with Crippen LogP contribution in [0.3, 0.4) is 0 Å². The quantitative estimate of drug-likeness (QED) is 0.136. The van der Waals surface area contributed by atoms with E-state index in [9.17, 15) is 0 Å². The van der Waals surface area contributed by atoms with E-state index in [-0.39, 0.29) is 12.0 Å². The molecule has 13 rings (SSSR count). The molecule has 3 nitrogen and oxygen atoms in total. The fraction of sp³-hybridized carbons (Fsp3) is 0.0294. The van der Waals surface area contributed by atoms with Crippen molar-refractivity contribution < 1.29 is 4.74 Å². The van der Waals surface area contributed by atoms with E-state index in [1.165, 1.54) is 60.7 Å². The molecule has 0 N–H and O–H groups in total. The molecule has 0 bridgehead atoms. The molecule has 2 atom stereocenters. The molecule has 71 heavy (non-hydrogen) atoms. The van der Waals surface area contributed by atoms with E-state index < -0.39 is 0 Å². The molecule has 0 aromatic heterocycles. The molecule has 1 heterocycles. The van der Waals surface area contributed by atoms with Crippen LogP contribution in [0, 0.1) is 0 Å². The number of hydrogen-bond donors (Lipinski definition) is 0. The topological polar surface area (TPSA) is 15.7 Å². The monoisotopic (exact) mass is 908 g/mol. The van der Waals surface area contributed by atoms with Crippen LogP contribution < -0.4 is 25.0 Å². The van der Waals surface area contributed by atoms with E-state index in [1.54, 1.807) is 0 Å². The summed E-state index contributed by atoms with van der Waals surface area (Å²) >= 11 is 0. The van der Waals surface area contributed by atoms with Gasteiger partial charge in [0, 0.05) is 45.4 Å². The Bertz CT molecular complexity index is 3840. The van der Waals surface area contributed by atoms with Gasteiger partial charge in [0.25, 0.3) is 0 Å². The first-order chi connectivity index (χ1) is 35.2. The molecule has 0 fully saturated rings. The lowest BCUT2D eigenvalue weighted by molar-refractivity contribution is 0.288. The first-order valence-corrected chi connectivity index (χ1v) is 24.5. The third kappa shape index (κ3) is 7.94. The van der Waals surface area contributed by atoms with Crippen LogP contribution >= 0.6 is 0 Å². The predicted octanol–water partition coefficient (Wildman–Crippen LogP) is 16.6. The number of rotatable bonds is 10. The molecule has 336 valence electrons. The van der Waals surface area contributed by atoms with E-state index >= 15 is 0 Å². The molecular formula is C68H48N2O. The molecule has 1 aliphatic carbocycles. The standard InChI is InChI=1S/C68H48N2O/c1-5-17-47(18-6-1)49-29-35-57(36-30-49)69(65-27-15-13-25-61(65)51-21-9-3-10-22-51)59-39-33-53-43-63-64-44-54-34-40-60(42-56(54)46-68(64)71-67(63)45-55(53)41-59)70(58-37-31-50(32-38-58)48-19-7-2-8-20-48)66-28-16-14-26-62(66)52-23-11-4-12-24-52/h1-46,63,67H. The van der Waals surface area contributed by atoms with Gasteiger partial charge in [0.1, 0.15) is 11.9 Å². The maximum atomic E-state index is 6.97. The van der Waals surface area contributed by atoms with Crippen molar-refractivity contribution in [2.45, 2.75) is 12.0 Å². The SMILES string of the molecule is C1=c2ccc(N(c3ccc(-c4ccccc4)cc3)c3ccccc3-c3ccccc3)cc2=CC2Oc3cc4cc(N(c5ccc(-c6ccccc6)cc5)c5ccccc5-c5ccccc5)ccc4cc3C12. The van der Waals surface area contributed by atoms with E-state index in [1.807, 2.05) is 0 Å². The summed E-state index contributed by atoms with van der Waals surface area (Å²) in [7, 11) is 0. The molecule has 11 aromatic carbocycles. The normalized spacial score (nSPS) is 14.3. The van der Waals surface area contributed by atoms with Crippen LogP contribution in [-0.4, -0.2) is 6.10 Å². The largest absolute Gasteiger partial charge is 0.485 e. The fourth-order valence-corrected chi connectivity index (χ4v) is 10.7. The number of ether oxygens (including phenoxy) is 1. The first kappa shape index (κ1) is 42.0. The van der Waals surface area contributed by atoms with E-state index in [0.29, 0.717) is 0 Å². The summed E-state index contributed by atoms with van der Waals surface area (Å²) in [5.74, 6) is 1.04. The highest BCUT2D eigenvalue weighted by Crippen LogP contribution is 2.47. The maximum absolute atomic E-state index is 6.97. The average Bonchev–Trinajstić information content (AvgIpc) is 3.79. The maximum Gasteiger partial charge on any atom is 0.128 e. The summed E-state index contributed by atoms with van der Waals surface area (Å²) in [5, 5.41) is 4.70. The van der Waals surface area contributed by atoms with Crippen molar-refractivity contribution in [3.63, 3.8) is 0 Å². The summed E-state index contributed by atoms with van der Waals surface area (Å²) in [4.78, 5) is 4.78. The van der Waals surface area contributed by atoms with Crippen molar-refractivity contribution in [2.75, 3.05) is 9.80 Å². The summed E-state index contributed by atoms with van der Waals surface area (Å²) in [6.45, 7) is 0. The summed E-state index contributed by atoms with van der Waals surface area (Å²) in [6.07, 6.45) is 4.62. The number of anilines is 6. The molecular weight excluding hydrogens is 861 g/mol. The predicted molar refractivity (Wildman–Crippen MR) is 297 cm³/mol. The molecule has 11 aromatic rings. The minimum absolute atomic E-state index is 0.102. The minimum Gasteiger partial charge on any atom is -0.485 e. The second-order valence-electron chi connectivity index (χ2n) is 18.4. The Labute approximate surface area is 414 Å². The zero-order valence-corrected chi connectivity index (χ0v) is 39.0. The first-order valence-electron chi connectivity index (χ1n) is 24.5. The van der Waals surface area contributed by atoms with Crippen LogP contribution in [0.25, 0.3) is 67.4 Å². The van der Waals surface area contributed by atoms with E-state index in [2.05, 4.69) is 289 Å². The van der Waals surface area contributed by atoms with Gasteiger partial charge in [-0.15, -0.1) is 0 Å². The Balaban J connectivity index is 0.870. The lowest BCUT2D eigenvalue weighted by atomic mass is 9.88. The van der Waals surface area contributed by atoms with Gasteiger partial charge in [0.05, 0.1) is 11.4 Å². The van der Waals surface area contributed by atoms with Gasteiger partial charge in [-0.2, -0.15) is 0 Å². The van der Waals surface area contributed by atoms with Crippen molar-refractivity contribution in [1.82, 2.24) is 0 Å². The number of benzene rings is 11. The van der Waals surface area contributed by atoms with Crippen LogP contribution in [-0.2, 0) is 0 Å². The molecule has 0 spiro atoms. The van der Waals surface area contributed by atoms with Gasteiger partial charge < -0.3 is 14.5 Å². The zero-order chi connectivity index (χ0) is 47.1. The number of para-hydroxylation sites is 2. The second kappa shape index (κ2) is 18.0.